The number of benzene rings is 1. The Labute approximate surface area is 195 Å². The molecule has 1 amide bonds. The van der Waals surface area contributed by atoms with Crippen LogP contribution in [-0.2, 0) is 11.3 Å². The number of halogens is 4. The first-order valence-corrected chi connectivity index (χ1v) is 9.14. The molecule has 2 rings (SSSR count). The maximum Gasteiger partial charge on any atom is 0.239 e. The zero-order valence-corrected chi connectivity index (χ0v) is 19.5. The summed E-state index contributed by atoms with van der Waals surface area (Å²) in [6, 6.07) is 6.66. The van der Waals surface area contributed by atoms with Crippen molar-refractivity contribution in [2.24, 2.45) is 4.99 Å². The van der Waals surface area contributed by atoms with E-state index in [1.165, 1.54) is 0 Å². The predicted molar refractivity (Wildman–Crippen MR) is 122 cm³/mol. The maximum absolute atomic E-state index is 11.8. The van der Waals surface area contributed by atoms with Crippen molar-refractivity contribution in [1.82, 2.24) is 16.0 Å². The molecule has 1 aromatic carbocycles. The molecule has 0 radical (unpaired) electrons. The Morgan fingerprint density at radius 2 is 1.89 bits per heavy atom. The molecule has 1 aromatic heterocycles. The minimum Gasteiger partial charge on any atom is -0.489 e. The van der Waals surface area contributed by atoms with Gasteiger partial charge in [0, 0.05) is 12.1 Å². The van der Waals surface area contributed by atoms with Gasteiger partial charge in [0.05, 0.1) is 35.9 Å². The molecule has 1 heterocycles. The third-order valence-corrected chi connectivity index (χ3v) is 4.06. The fourth-order valence-electron chi connectivity index (χ4n) is 2.04. The molecule has 0 saturated heterocycles. The Balaban J connectivity index is 0.00000392. The van der Waals surface area contributed by atoms with Crippen LogP contribution in [-0.4, -0.2) is 38.6 Å². The van der Waals surface area contributed by atoms with E-state index in [0.29, 0.717) is 45.6 Å². The van der Waals surface area contributed by atoms with Crippen molar-refractivity contribution >= 4 is 70.6 Å². The number of guanidine groups is 1. The Hall–Kier alpha value is -1.36. The summed E-state index contributed by atoms with van der Waals surface area (Å²) in [6.45, 7) is 1.10. The Kier molecular flexibility index (Phi) is 11.4. The Morgan fingerprint density at radius 1 is 1.18 bits per heavy atom. The zero-order valence-electron chi connectivity index (χ0n) is 14.9. The van der Waals surface area contributed by atoms with Crippen LogP contribution >= 0.6 is 58.8 Å². The van der Waals surface area contributed by atoms with Crippen LogP contribution < -0.4 is 20.7 Å². The van der Waals surface area contributed by atoms with Gasteiger partial charge in [-0.1, -0.05) is 34.8 Å². The van der Waals surface area contributed by atoms with Crippen LogP contribution in [0, 0.1) is 0 Å². The summed E-state index contributed by atoms with van der Waals surface area (Å²) in [6.07, 6.45) is 1.55. The summed E-state index contributed by atoms with van der Waals surface area (Å²) in [5.74, 6) is 1.32. The molecule has 0 unspecified atom stereocenters. The molecule has 0 bridgehead atoms. The topological polar surface area (TPSA) is 87.9 Å². The number of carbonyl (C=O) groups is 1. The number of furan rings is 1. The van der Waals surface area contributed by atoms with E-state index in [0.717, 1.165) is 0 Å². The first kappa shape index (κ1) is 24.7. The van der Waals surface area contributed by atoms with Crippen LogP contribution in [0.2, 0.25) is 15.1 Å². The quantitative estimate of drug-likeness (QED) is 0.198. The van der Waals surface area contributed by atoms with E-state index in [9.17, 15) is 4.79 Å². The van der Waals surface area contributed by atoms with Crippen LogP contribution in [0.5, 0.6) is 5.75 Å². The van der Waals surface area contributed by atoms with Crippen molar-refractivity contribution in [3.05, 3.63) is 51.4 Å². The van der Waals surface area contributed by atoms with Gasteiger partial charge >= 0.3 is 0 Å². The molecule has 28 heavy (non-hydrogen) atoms. The van der Waals surface area contributed by atoms with Crippen molar-refractivity contribution < 1.29 is 13.9 Å². The highest BCUT2D eigenvalue weighted by atomic mass is 127. The van der Waals surface area contributed by atoms with Gasteiger partial charge in [0.1, 0.15) is 12.4 Å². The van der Waals surface area contributed by atoms with Crippen molar-refractivity contribution in [2.45, 2.75) is 6.54 Å². The van der Waals surface area contributed by atoms with Gasteiger partial charge in [0.2, 0.25) is 5.91 Å². The molecular weight excluding hydrogens is 541 g/mol. The Morgan fingerprint density at radius 3 is 2.50 bits per heavy atom. The van der Waals surface area contributed by atoms with Crippen LogP contribution in [0.25, 0.3) is 0 Å². The number of carbonyl (C=O) groups excluding carboxylic acids is 1. The minimum absolute atomic E-state index is 0. The van der Waals surface area contributed by atoms with Gasteiger partial charge in [-0.05, 0) is 24.3 Å². The third-order valence-electron chi connectivity index (χ3n) is 3.28. The maximum atomic E-state index is 11.8. The second-order valence-corrected chi connectivity index (χ2v) is 6.51. The molecule has 0 saturated carbocycles. The van der Waals surface area contributed by atoms with E-state index in [-0.39, 0.29) is 43.0 Å². The van der Waals surface area contributed by atoms with Crippen molar-refractivity contribution in [1.29, 1.82) is 0 Å². The number of aliphatic imine (C=N–C) groups is 1. The Bertz CT molecular complexity index is 765. The predicted octanol–water partition coefficient (Wildman–Crippen LogP) is 3.72. The van der Waals surface area contributed by atoms with Gasteiger partial charge < -0.3 is 25.1 Å². The highest BCUT2D eigenvalue weighted by Gasteiger charge is 2.09. The first-order chi connectivity index (χ1) is 13.0. The molecule has 7 nitrogen and oxygen atoms in total. The summed E-state index contributed by atoms with van der Waals surface area (Å²) >= 11 is 18.0. The first-order valence-electron chi connectivity index (χ1n) is 8.00. The summed E-state index contributed by atoms with van der Waals surface area (Å²) < 4.78 is 10.7. The average Bonchev–Trinajstić information content (AvgIpc) is 3.14. The lowest BCUT2D eigenvalue weighted by molar-refractivity contribution is -0.120. The molecule has 0 aliphatic rings. The van der Waals surface area contributed by atoms with Crippen molar-refractivity contribution in [3.63, 3.8) is 0 Å². The molecule has 0 fully saturated rings. The monoisotopic (exact) mass is 560 g/mol. The number of nitrogens with one attached hydrogen (secondary N) is 3. The second-order valence-electron chi connectivity index (χ2n) is 5.26. The summed E-state index contributed by atoms with van der Waals surface area (Å²) in [7, 11) is 1.60. The fraction of sp³-hybridized carbons (Fsp3) is 0.294. The highest BCUT2D eigenvalue weighted by molar-refractivity contribution is 14.0. The summed E-state index contributed by atoms with van der Waals surface area (Å²) in [5.41, 5.74) is 0. The number of amides is 1. The van der Waals surface area contributed by atoms with E-state index in [1.54, 1.807) is 37.6 Å². The number of rotatable bonds is 8. The summed E-state index contributed by atoms with van der Waals surface area (Å²) in [5, 5.41) is 9.75. The second kappa shape index (κ2) is 13.0. The standard InChI is InChI=1S/C17H19Cl3N4O3.HI/c1-21-17(24-10-15(25)23-9-12-3-2-5-26-12)22-4-6-27-16-13(19)7-11(18)8-14(16)20;/h2-3,5,7-8H,4,6,9-10H2,1H3,(H,23,25)(H2,21,22,24);1H. The molecule has 154 valence electrons. The van der Waals surface area contributed by atoms with Gasteiger partial charge in [0.15, 0.2) is 11.7 Å². The van der Waals surface area contributed by atoms with Gasteiger partial charge in [-0.15, -0.1) is 24.0 Å². The molecule has 0 aliphatic heterocycles. The molecule has 11 heteroatoms. The van der Waals surface area contributed by atoms with Gasteiger partial charge in [-0.2, -0.15) is 0 Å². The molecule has 2 aromatic rings. The highest BCUT2D eigenvalue weighted by Crippen LogP contribution is 2.35. The van der Waals surface area contributed by atoms with Crippen LogP contribution in [0.1, 0.15) is 5.76 Å². The van der Waals surface area contributed by atoms with E-state index in [2.05, 4.69) is 20.9 Å². The van der Waals surface area contributed by atoms with E-state index < -0.39 is 0 Å². The minimum atomic E-state index is -0.190. The fourth-order valence-corrected chi connectivity index (χ4v) is 2.96. The van der Waals surface area contributed by atoms with Crippen molar-refractivity contribution in [2.75, 3.05) is 26.7 Å². The van der Waals surface area contributed by atoms with Crippen LogP contribution in [0.4, 0.5) is 0 Å². The van der Waals surface area contributed by atoms with Gasteiger partial charge in [-0.25, -0.2) is 0 Å². The van der Waals surface area contributed by atoms with Crippen LogP contribution in [0.3, 0.4) is 0 Å². The normalized spacial score (nSPS) is 10.8. The number of ether oxygens (including phenoxy) is 1. The lowest BCUT2D eigenvalue weighted by Gasteiger charge is -2.13. The van der Waals surface area contributed by atoms with Gasteiger partial charge in [-0.3, -0.25) is 9.79 Å². The van der Waals surface area contributed by atoms with E-state index in [1.807, 2.05) is 0 Å². The molecule has 0 spiro atoms. The zero-order chi connectivity index (χ0) is 19.6. The number of hydrogen-bond acceptors (Lipinski definition) is 4. The lowest BCUT2D eigenvalue weighted by atomic mass is 10.3. The van der Waals surface area contributed by atoms with E-state index in [4.69, 9.17) is 44.0 Å². The van der Waals surface area contributed by atoms with E-state index >= 15 is 0 Å². The lowest BCUT2D eigenvalue weighted by Crippen LogP contribution is -2.44. The van der Waals surface area contributed by atoms with Crippen molar-refractivity contribution in [3.8, 4) is 5.75 Å². The largest absolute Gasteiger partial charge is 0.489 e. The molecule has 3 N–H and O–H groups in total. The SMILES string of the molecule is CN=C(NCCOc1c(Cl)cc(Cl)cc1Cl)NCC(=O)NCc1ccco1.I. The van der Waals surface area contributed by atoms with Gasteiger partial charge in [0.25, 0.3) is 0 Å². The molecular formula is C17H20Cl3IN4O3. The molecule has 0 aliphatic carbocycles. The third kappa shape index (κ3) is 8.34. The number of hydrogen-bond donors (Lipinski definition) is 3. The summed E-state index contributed by atoms with van der Waals surface area (Å²) in [4.78, 5) is 15.8. The number of nitrogens with zero attached hydrogens (tertiary/aromatic N) is 1. The van der Waals surface area contributed by atoms with Crippen LogP contribution in [0.15, 0.2) is 39.9 Å². The molecule has 0 atom stereocenters. The average molecular weight is 562 g/mol. The smallest absolute Gasteiger partial charge is 0.239 e.